The lowest BCUT2D eigenvalue weighted by Gasteiger charge is -2.22. The first-order valence-corrected chi connectivity index (χ1v) is 11.0. The topological polar surface area (TPSA) is 92.3 Å². The van der Waals surface area contributed by atoms with Crippen LogP contribution in [-0.2, 0) is 17.9 Å². The molecule has 0 aliphatic carbocycles. The third kappa shape index (κ3) is 5.66. The van der Waals surface area contributed by atoms with Gasteiger partial charge in [-0.3, -0.25) is 19.7 Å². The number of rotatable bonds is 10. The Morgan fingerprint density at radius 2 is 1.34 bits per heavy atom. The van der Waals surface area contributed by atoms with Crippen molar-refractivity contribution >= 4 is 27.8 Å². The Morgan fingerprint density at radius 3 is 1.88 bits per heavy atom. The zero-order valence-electron chi connectivity index (χ0n) is 18.0. The summed E-state index contributed by atoms with van der Waals surface area (Å²) in [6.45, 7) is 2.21. The van der Waals surface area contributed by atoms with Gasteiger partial charge in [0, 0.05) is 23.9 Å². The number of aliphatic carboxylic acids is 1. The average Bonchev–Trinajstić information content (AvgIpc) is 2.81. The molecular formula is C26H28N4O2. The van der Waals surface area contributed by atoms with E-state index in [0.29, 0.717) is 19.5 Å². The molecule has 0 aliphatic rings. The summed E-state index contributed by atoms with van der Waals surface area (Å²) in [5.74, 6) is -0.942. The number of carbonyl (C=O) groups is 1. The third-order valence-corrected chi connectivity index (χ3v) is 5.64. The first kappa shape index (κ1) is 21.9. The van der Waals surface area contributed by atoms with Gasteiger partial charge < -0.3 is 10.8 Å². The highest BCUT2D eigenvalue weighted by atomic mass is 16.4. The summed E-state index contributed by atoms with van der Waals surface area (Å²) in [4.78, 5) is 22.9. The van der Waals surface area contributed by atoms with Gasteiger partial charge in [0.25, 0.3) is 0 Å². The van der Waals surface area contributed by atoms with Crippen molar-refractivity contribution in [3.05, 3.63) is 84.2 Å². The molecule has 4 rings (SSSR count). The first-order valence-electron chi connectivity index (χ1n) is 11.0. The first-order chi connectivity index (χ1) is 15.6. The van der Waals surface area contributed by atoms with Crippen LogP contribution in [0.1, 0.15) is 30.7 Å². The number of hydrogen-bond donors (Lipinski definition) is 2. The Balaban J connectivity index is 1.48. The predicted octanol–water partition coefficient (Wildman–Crippen LogP) is 4.37. The van der Waals surface area contributed by atoms with Gasteiger partial charge in [0.05, 0.1) is 22.4 Å². The number of carboxylic acids is 1. The molecule has 4 aromatic rings. The third-order valence-electron chi connectivity index (χ3n) is 5.64. The SMILES string of the molecule is N[C@@H](CCCCN(Cc1ccc2ccccc2n1)Cc1ccc2ccccc2n1)C(=O)O. The summed E-state index contributed by atoms with van der Waals surface area (Å²) < 4.78 is 0. The minimum absolute atomic E-state index is 0.478. The summed E-state index contributed by atoms with van der Waals surface area (Å²) in [6.07, 6.45) is 2.11. The molecule has 6 nitrogen and oxygen atoms in total. The highest BCUT2D eigenvalue weighted by Gasteiger charge is 2.13. The fraction of sp³-hybridized carbons (Fsp3) is 0.269. The van der Waals surface area contributed by atoms with E-state index in [0.717, 1.165) is 52.6 Å². The van der Waals surface area contributed by atoms with E-state index in [4.69, 9.17) is 20.8 Å². The van der Waals surface area contributed by atoms with Crippen molar-refractivity contribution in [3.8, 4) is 0 Å². The molecule has 32 heavy (non-hydrogen) atoms. The van der Waals surface area contributed by atoms with Crippen molar-refractivity contribution in [1.29, 1.82) is 0 Å². The van der Waals surface area contributed by atoms with Gasteiger partial charge >= 0.3 is 5.97 Å². The minimum atomic E-state index is -0.942. The fourth-order valence-corrected chi connectivity index (χ4v) is 3.89. The number of unbranched alkanes of at least 4 members (excludes halogenated alkanes) is 1. The summed E-state index contributed by atoms with van der Waals surface area (Å²) in [5, 5.41) is 11.3. The molecule has 2 heterocycles. The van der Waals surface area contributed by atoms with Gasteiger partial charge in [0.1, 0.15) is 6.04 Å². The number of aromatic nitrogens is 2. The molecule has 6 heteroatoms. The fourth-order valence-electron chi connectivity index (χ4n) is 3.89. The van der Waals surface area contributed by atoms with Crippen molar-refractivity contribution < 1.29 is 9.90 Å². The van der Waals surface area contributed by atoms with Crippen molar-refractivity contribution in [3.63, 3.8) is 0 Å². The van der Waals surface area contributed by atoms with Gasteiger partial charge in [-0.05, 0) is 43.7 Å². The van der Waals surface area contributed by atoms with E-state index in [-0.39, 0.29) is 0 Å². The van der Waals surface area contributed by atoms with Crippen molar-refractivity contribution in [2.24, 2.45) is 5.73 Å². The quantitative estimate of drug-likeness (QED) is 0.365. The molecule has 0 fully saturated rings. The van der Waals surface area contributed by atoms with Crippen LogP contribution in [0.3, 0.4) is 0 Å². The summed E-state index contributed by atoms with van der Waals surface area (Å²) in [5.41, 5.74) is 9.64. The Bertz CT molecular complexity index is 1130. The van der Waals surface area contributed by atoms with E-state index in [1.807, 2.05) is 36.4 Å². The van der Waals surface area contributed by atoms with Gasteiger partial charge in [-0.1, -0.05) is 55.0 Å². The molecule has 0 saturated heterocycles. The highest BCUT2D eigenvalue weighted by Crippen LogP contribution is 2.17. The van der Waals surface area contributed by atoms with E-state index in [9.17, 15) is 4.79 Å². The minimum Gasteiger partial charge on any atom is -0.480 e. The van der Waals surface area contributed by atoms with Crippen LogP contribution in [0.4, 0.5) is 0 Å². The number of nitrogens with zero attached hydrogens (tertiary/aromatic N) is 3. The Morgan fingerprint density at radius 1 is 0.812 bits per heavy atom. The highest BCUT2D eigenvalue weighted by molar-refractivity contribution is 5.79. The molecule has 0 amide bonds. The zero-order chi connectivity index (χ0) is 22.3. The predicted molar refractivity (Wildman–Crippen MR) is 127 cm³/mol. The number of benzene rings is 2. The number of hydrogen-bond acceptors (Lipinski definition) is 5. The number of pyridine rings is 2. The molecule has 0 bridgehead atoms. The smallest absolute Gasteiger partial charge is 0.320 e. The molecule has 0 unspecified atom stereocenters. The molecule has 2 aromatic carbocycles. The number of carboxylic acid groups (broad SMARTS) is 1. The van der Waals surface area contributed by atoms with Gasteiger partial charge in [-0.2, -0.15) is 0 Å². The molecule has 164 valence electrons. The Kier molecular flexibility index (Phi) is 7.04. The van der Waals surface area contributed by atoms with Crippen LogP contribution < -0.4 is 5.73 Å². The maximum Gasteiger partial charge on any atom is 0.320 e. The van der Waals surface area contributed by atoms with Gasteiger partial charge in [-0.25, -0.2) is 0 Å². The number of nitrogens with two attached hydrogens (primary N) is 1. The number of fused-ring (bicyclic) bond motifs is 2. The van der Waals surface area contributed by atoms with Crippen LogP contribution >= 0.6 is 0 Å². The maximum absolute atomic E-state index is 11.0. The van der Waals surface area contributed by atoms with Crippen LogP contribution in [0.5, 0.6) is 0 Å². The van der Waals surface area contributed by atoms with Crippen molar-refractivity contribution in [2.75, 3.05) is 6.54 Å². The van der Waals surface area contributed by atoms with Crippen LogP contribution in [0.2, 0.25) is 0 Å². The van der Waals surface area contributed by atoms with E-state index in [1.165, 1.54) is 0 Å². The molecule has 0 radical (unpaired) electrons. The molecule has 2 aromatic heterocycles. The van der Waals surface area contributed by atoms with Crippen LogP contribution in [0.25, 0.3) is 21.8 Å². The molecule has 0 saturated carbocycles. The molecule has 1 atom stereocenters. The lowest BCUT2D eigenvalue weighted by Crippen LogP contribution is -2.30. The zero-order valence-corrected chi connectivity index (χ0v) is 18.0. The summed E-state index contributed by atoms with van der Waals surface area (Å²) in [6, 6.07) is 23.8. The lowest BCUT2D eigenvalue weighted by molar-refractivity contribution is -0.138. The number of para-hydroxylation sites is 2. The second-order valence-electron chi connectivity index (χ2n) is 8.14. The lowest BCUT2D eigenvalue weighted by atomic mass is 10.1. The van der Waals surface area contributed by atoms with Crippen LogP contribution in [0.15, 0.2) is 72.8 Å². The molecule has 0 aliphatic heterocycles. The standard InChI is InChI=1S/C26H28N4O2/c27-23(26(31)32)9-5-6-16-30(17-21-14-12-19-7-1-3-10-24(19)28-21)18-22-15-13-20-8-2-4-11-25(20)29-22/h1-4,7-8,10-15,23H,5-6,9,16-18,27H2,(H,31,32)/t23-/m0/s1. The Labute approximate surface area is 187 Å². The second-order valence-corrected chi connectivity index (χ2v) is 8.14. The van der Waals surface area contributed by atoms with Gasteiger partial charge in [0.2, 0.25) is 0 Å². The van der Waals surface area contributed by atoms with E-state index < -0.39 is 12.0 Å². The van der Waals surface area contributed by atoms with Gasteiger partial charge in [-0.15, -0.1) is 0 Å². The average molecular weight is 429 g/mol. The Hall–Kier alpha value is -3.35. The van der Waals surface area contributed by atoms with Crippen molar-refractivity contribution in [2.45, 2.75) is 38.4 Å². The van der Waals surface area contributed by atoms with E-state index >= 15 is 0 Å². The van der Waals surface area contributed by atoms with Crippen LogP contribution in [0, 0.1) is 0 Å². The van der Waals surface area contributed by atoms with Crippen LogP contribution in [-0.4, -0.2) is 38.5 Å². The maximum atomic E-state index is 11.0. The van der Waals surface area contributed by atoms with E-state index in [2.05, 4.69) is 41.3 Å². The normalized spacial score (nSPS) is 12.4. The van der Waals surface area contributed by atoms with Crippen molar-refractivity contribution in [1.82, 2.24) is 14.9 Å². The summed E-state index contributed by atoms with van der Waals surface area (Å²) >= 11 is 0. The second kappa shape index (κ2) is 10.3. The molecule has 3 N–H and O–H groups in total. The van der Waals surface area contributed by atoms with Gasteiger partial charge in [0.15, 0.2) is 0 Å². The molecular weight excluding hydrogens is 400 g/mol. The molecule has 0 spiro atoms. The monoisotopic (exact) mass is 428 g/mol. The largest absolute Gasteiger partial charge is 0.480 e. The van der Waals surface area contributed by atoms with E-state index in [1.54, 1.807) is 0 Å². The summed E-state index contributed by atoms with van der Waals surface area (Å²) in [7, 11) is 0.